The van der Waals surface area contributed by atoms with Gasteiger partial charge in [0.2, 0.25) is 0 Å². The minimum Gasteiger partial charge on any atom is -0.394 e. The Bertz CT molecular complexity index is 618. The summed E-state index contributed by atoms with van der Waals surface area (Å²) in [6, 6.07) is 2.04. The summed E-state index contributed by atoms with van der Waals surface area (Å²) in [4.78, 5) is 12.5. The maximum Gasteiger partial charge on any atom is 0.146 e. The van der Waals surface area contributed by atoms with Gasteiger partial charge in [-0.25, -0.2) is 9.97 Å². The van der Waals surface area contributed by atoms with Gasteiger partial charge in [-0.2, -0.15) is 0 Å². The number of hydrogen-bond acceptors (Lipinski definition) is 7. The first-order valence-electron chi connectivity index (χ1n) is 7.10. The number of nitrogens with zero attached hydrogens (tertiary/aromatic N) is 3. The van der Waals surface area contributed by atoms with Crippen LogP contribution >= 0.6 is 11.3 Å². The number of anilines is 1. The predicted octanol–water partition coefficient (Wildman–Crippen LogP) is 1.31. The molecule has 0 saturated carbocycles. The second kappa shape index (κ2) is 6.23. The number of aliphatic hydroxyl groups excluding tert-OH is 1. The van der Waals surface area contributed by atoms with Gasteiger partial charge in [0.15, 0.2) is 0 Å². The molecule has 6 nitrogen and oxygen atoms in total. The van der Waals surface area contributed by atoms with Crippen LogP contribution in [0.5, 0.6) is 0 Å². The highest BCUT2D eigenvalue weighted by Gasteiger charge is 2.25. The molecule has 0 aliphatic carbocycles. The summed E-state index contributed by atoms with van der Waals surface area (Å²) in [7, 11) is 1.88. The third-order valence-corrected chi connectivity index (χ3v) is 4.39. The minimum absolute atomic E-state index is 0.0490. The fourth-order valence-electron chi connectivity index (χ4n) is 2.73. The van der Waals surface area contributed by atoms with Crippen molar-refractivity contribution in [3.63, 3.8) is 0 Å². The number of ether oxygens (including phenoxy) is 1. The lowest BCUT2D eigenvalue weighted by atomic mass is 10.2. The van der Waals surface area contributed by atoms with Crippen molar-refractivity contribution in [2.24, 2.45) is 0 Å². The van der Waals surface area contributed by atoms with Gasteiger partial charge in [0.05, 0.1) is 30.7 Å². The summed E-state index contributed by atoms with van der Waals surface area (Å²) < 4.78 is 5.66. The molecule has 1 fully saturated rings. The zero-order chi connectivity index (χ0) is 14.8. The van der Waals surface area contributed by atoms with Crippen LogP contribution in [0.4, 0.5) is 5.82 Å². The van der Waals surface area contributed by atoms with Crippen LogP contribution < -0.4 is 5.32 Å². The van der Waals surface area contributed by atoms with Crippen LogP contribution in [0.2, 0.25) is 0 Å². The monoisotopic (exact) mass is 308 g/mol. The average molecular weight is 308 g/mol. The molecule has 2 aromatic rings. The van der Waals surface area contributed by atoms with E-state index in [1.54, 1.807) is 11.3 Å². The van der Waals surface area contributed by atoms with Crippen LogP contribution in [0.15, 0.2) is 11.4 Å². The molecule has 1 saturated heterocycles. The zero-order valence-corrected chi connectivity index (χ0v) is 13.1. The predicted molar refractivity (Wildman–Crippen MR) is 83.7 cm³/mol. The molecule has 2 aromatic heterocycles. The Labute approximate surface area is 127 Å². The molecule has 21 heavy (non-hydrogen) atoms. The number of aliphatic hydroxyl groups is 1. The van der Waals surface area contributed by atoms with Crippen molar-refractivity contribution >= 4 is 27.4 Å². The summed E-state index contributed by atoms with van der Waals surface area (Å²) in [6.45, 7) is 4.29. The molecular formula is C14H20N4O2S. The van der Waals surface area contributed by atoms with Crippen molar-refractivity contribution in [2.45, 2.75) is 25.7 Å². The number of rotatable bonds is 4. The van der Waals surface area contributed by atoms with Crippen LogP contribution in [0.3, 0.4) is 0 Å². The van der Waals surface area contributed by atoms with Gasteiger partial charge in [-0.3, -0.25) is 4.90 Å². The maximum atomic E-state index is 9.30. The number of fused-ring (bicyclic) bond motifs is 1. The van der Waals surface area contributed by atoms with E-state index in [1.165, 1.54) is 0 Å². The van der Waals surface area contributed by atoms with Crippen LogP contribution in [0, 0.1) is 0 Å². The molecule has 0 bridgehead atoms. The van der Waals surface area contributed by atoms with Gasteiger partial charge >= 0.3 is 0 Å². The Morgan fingerprint density at radius 2 is 2.33 bits per heavy atom. The quantitative estimate of drug-likeness (QED) is 0.887. The second-order valence-electron chi connectivity index (χ2n) is 5.32. The molecule has 3 heterocycles. The van der Waals surface area contributed by atoms with E-state index in [1.807, 2.05) is 25.4 Å². The molecule has 114 valence electrons. The Balaban J connectivity index is 1.80. The number of aromatic nitrogens is 2. The Kier molecular flexibility index (Phi) is 4.34. The Morgan fingerprint density at radius 3 is 3.10 bits per heavy atom. The Morgan fingerprint density at radius 1 is 1.48 bits per heavy atom. The van der Waals surface area contributed by atoms with E-state index in [4.69, 9.17) is 4.74 Å². The molecule has 0 aromatic carbocycles. The van der Waals surface area contributed by atoms with Crippen molar-refractivity contribution < 1.29 is 9.84 Å². The van der Waals surface area contributed by atoms with Crippen molar-refractivity contribution in [2.75, 3.05) is 32.1 Å². The maximum absolute atomic E-state index is 9.30. The fourth-order valence-corrected chi connectivity index (χ4v) is 3.51. The highest BCUT2D eigenvalue weighted by Crippen LogP contribution is 2.25. The van der Waals surface area contributed by atoms with Gasteiger partial charge < -0.3 is 15.2 Å². The molecule has 2 atom stereocenters. The van der Waals surface area contributed by atoms with Gasteiger partial charge in [0.25, 0.3) is 0 Å². The summed E-state index contributed by atoms with van der Waals surface area (Å²) in [5, 5.41) is 15.5. The summed E-state index contributed by atoms with van der Waals surface area (Å²) in [5.74, 6) is 1.68. The first-order valence-corrected chi connectivity index (χ1v) is 7.98. The standard InChI is InChI=1S/C14H20N4O2S/c1-9-5-18(6-10(8-19)20-9)7-12-16-13(15-2)11-3-4-21-14(11)17-12/h3-4,9-10,19H,5-8H2,1-2H3,(H,15,16,17). The largest absolute Gasteiger partial charge is 0.394 e. The van der Waals surface area contributed by atoms with Gasteiger partial charge in [0, 0.05) is 20.1 Å². The minimum atomic E-state index is -0.122. The zero-order valence-electron chi connectivity index (χ0n) is 12.2. The number of hydrogen-bond donors (Lipinski definition) is 2. The molecule has 7 heteroatoms. The lowest BCUT2D eigenvalue weighted by molar-refractivity contribution is -0.0977. The van der Waals surface area contributed by atoms with E-state index >= 15 is 0 Å². The van der Waals surface area contributed by atoms with Crippen molar-refractivity contribution in [1.29, 1.82) is 0 Å². The molecule has 3 rings (SSSR count). The average Bonchev–Trinajstić information content (AvgIpc) is 2.94. The molecule has 0 spiro atoms. The third-order valence-electron chi connectivity index (χ3n) is 3.58. The van der Waals surface area contributed by atoms with Crippen LogP contribution in [0.25, 0.3) is 10.2 Å². The highest BCUT2D eigenvalue weighted by atomic mass is 32.1. The van der Waals surface area contributed by atoms with Gasteiger partial charge in [-0.05, 0) is 18.4 Å². The summed E-state index contributed by atoms with van der Waals surface area (Å²) in [5.41, 5.74) is 0. The fraction of sp³-hybridized carbons (Fsp3) is 0.571. The molecule has 0 amide bonds. The molecule has 2 unspecified atom stereocenters. The van der Waals surface area contributed by atoms with E-state index in [0.717, 1.165) is 28.4 Å². The smallest absolute Gasteiger partial charge is 0.146 e. The second-order valence-corrected chi connectivity index (χ2v) is 6.22. The van der Waals surface area contributed by atoms with E-state index in [-0.39, 0.29) is 18.8 Å². The van der Waals surface area contributed by atoms with Crippen LogP contribution in [-0.2, 0) is 11.3 Å². The normalized spacial score (nSPS) is 23.6. The topological polar surface area (TPSA) is 70.5 Å². The van der Waals surface area contributed by atoms with E-state index in [2.05, 4.69) is 20.2 Å². The van der Waals surface area contributed by atoms with E-state index in [9.17, 15) is 5.11 Å². The van der Waals surface area contributed by atoms with Gasteiger partial charge in [-0.15, -0.1) is 11.3 Å². The lowest BCUT2D eigenvalue weighted by Gasteiger charge is -2.35. The van der Waals surface area contributed by atoms with Gasteiger partial charge in [-0.1, -0.05) is 0 Å². The van der Waals surface area contributed by atoms with Crippen LogP contribution in [0.1, 0.15) is 12.7 Å². The summed E-state index contributed by atoms with van der Waals surface area (Å²) in [6.07, 6.45) is -0.00636. The van der Waals surface area contributed by atoms with Crippen molar-refractivity contribution in [3.8, 4) is 0 Å². The van der Waals surface area contributed by atoms with E-state index < -0.39 is 0 Å². The number of morpholine rings is 1. The molecule has 1 aliphatic heterocycles. The first kappa shape index (κ1) is 14.6. The summed E-state index contributed by atoms with van der Waals surface area (Å²) >= 11 is 1.62. The first-order chi connectivity index (χ1) is 10.2. The molecule has 1 aliphatic rings. The van der Waals surface area contributed by atoms with E-state index in [0.29, 0.717) is 13.1 Å². The van der Waals surface area contributed by atoms with Gasteiger partial charge in [0.1, 0.15) is 16.5 Å². The number of nitrogens with one attached hydrogen (secondary N) is 1. The highest BCUT2D eigenvalue weighted by molar-refractivity contribution is 7.16. The molecular weight excluding hydrogens is 288 g/mol. The molecule has 2 N–H and O–H groups in total. The van der Waals surface area contributed by atoms with Crippen molar-refractivity contribution in [1.82, 2.24) is 14.9 Å². The molecule has 0 radical (unpaired) electrons. The lowest BCUT2D eigenvalue weighted by Crippen LogP contribution is -2.47. The number of thiophene rings is 1. The SMILES string of the molecule is CNc1nc(CN2CC(C)OC(CO)C2)nc2sccc12. The Hall–Kier alpha value is -1.28. The van der Waals surface area contributed by atoms with Crippen LogP contribution in [-0.4, -0.2) is 58.9 Å². The third kappa shape index (κ3) is 3.16. The van der Waals surface area contributed by atoms with Crippen molar-refractivity contribution in [3.05, 3.63) is 17.3 Å².